The SMILES string of the molecule is CCc1nc2ccc(Cl)cn2c1CNCc1ccc(-c2ccccc2)cc1. The van der Waals surface area contributed by atoms with Crippen molar-refractivity contribution in [3.05, 3.63) is 94.9 Å². The van der Waals surface area contributed by atoms with Crippen LogP contribution in [0.5, 0.6) is 0 Å². The van der Waals surface area contributed by atoms with Gasteiger partial charge in [0, 0.05) is 19.3 Å². The average Bonchev–Trinajstić information content (AvgIpc) is 3.06. The summed E-state index contributed by atoms with van der Waals surface area (Å²) >= 11 is 6.17. The standard InChI is InChI=1S/C23H22ClN3/c1-2-21-22(27-16-20(24)12-13-23(27)26-21)15-25-14-17-8-10-19(11-9-17)18-6-4-3-5-7-18/h3-13,16,25H,2,14-15H2,1H3. The second-order valence-corrected chi connectivity index (χ2v) is 7.04. The van der Waals surface area contributed by atoms with Crippen LogP contribution in [0.3, 0.4) is 0 Å². The molecule has 0 aliphatic heterocycles. The summed E-state index contributed by atoms with van der Waals surface area (Å²) < 4.78 is 2.09. The minimum Gasteiger partial charge on any atom is -0.307 e. The van der Waals surface area contributed by atoms with E-state index >= 15 is 0 Å². The molecule has 2 aromatic carbocycles. The Hall–Kier alpha value is -2.62. The maximum atomic E-state index is 6.17. The van der Waals surface area contributed by atoms with Crippen LogP contribution in [-0.4, -0.2) is 9.38 Å². The van der Waals surface area contributed by atoms with E-state index in [4.69, 9.17) is 16.6 Å². The lowest BCUT2D eigenvalue weighted by Crippen LogP contribution is -2.15. The summed E-state index contributed by atoms with van der Waals surface area (Å²) in [7, 11) is 0. The lowest BCUT2D eigenvalue weighted by Gasteiger charge is -2.08. The molecule has 1 N–H and O–H groups in total. The Morgan fingerprint density at radius 3 is 2.37 bits per heavy atom. The number of halogens is 1. The zero-order valence-corrected chi connectivity index (χ0v) is 16.1. The Labute approximate surface area is 164 Å². The number of hydrogen-bond acceptors (Lipinski definition) is 2. The Balaban J connectivity index is 1.46. The predicted octanol–water partition coefficient (Wildman–Crippen LogP) is 5.51. The van der Waals surface area contributed by atoms with E-state index in [0.29, 0.717) is 0 Å². The number of aryl methyl sites for hydroxylation is 1. The number of imidazole rings is 1. The average molecular weight is 376 g/mol. The van der Waals surface area contributed by atoms with Crippen LogP contribution in [-0.2, 0) is 19.5 Å². The Morgan fingerprint density at radius 1 is 0.889 bits per heavy atom. The third kappa shape index (κ3) is 3.90. The van der Waals surface area contributed by atoms with Gasteiger partial charge in [-0.15, -0.1) is 0 Å². The van der Waals surface area contributed by atoms with Crippen molar-refractivity contribution in [1.82, 2.24) is 14.7 Å². The molecule has 4 heteroatoms. The highest BCUT2D eigenvalue weighted by Gasteiger charge is 2.10. The molecule has 2 heterocycles. The molecule has 0 bridgehead atoms. The molecule has 136 valence electrons. The molecule has 0 fully saturated rings. The second-order valence-electron chi connectivity index (χ2n) is 6.60. The second kappa shape index (κ2) is 7.95. The molecule has 0 aliphatic rings. The minimum atomic E-state index is 0.723. The van der Waals surface area contributed by atoms with E-state index in [2.05, 4.69) is 65.2 Å². The van der Waals surface area contributed by atoms with Gasteiger partial charge in [0.25, 0.3) is 0 Å². The minimum absolute atomic E-state index is 0.723. The first-order chi connectivity index (χ1) is 13.2. The Bertz CT molecular complexity index is 1040. The fourth-order valence-electron chi connectivity index (χ4n) is 3.36. The Kier molecular flexibility index (Phi) is 5.23. The normalized spacial score (nSPS) is 11.2. The molecular weight excluding hydrogens is 354 g/mol. The van der Waals surface area contributed by atoms with Crippen LogP contribution in [0.4, 0.5) is 0 Å². The van der Waals surface area contributed by atoms with Crippen molar-refractivity contribution in [2.75, 3.05) is 0 Å². The summed E-state index contributed by atoms with van der Waals surface area (Å²) in [5.74, 6) is 0. The molecule has 0 radical (unpaired) electrons. The van der Waals surface area contributed by atoms with Crippen molar-refractivity contribution >= 4 is 17.2 Å². The van der Waals surface area contributed by atoms with Crippen LogP contribution in [0.2, 0.25) is 5.02 Å². The summed E-state index contributed by atoms with van der Waals surface area (Å²) in [6.07, 6.45) is 2.84. The van der Waals surface area contributed by atoms with Crippen LogP contribution in [0, 0.1) is 0 Å². The molecule has 0 saturated carbocycles. The zero-order chi connectivity index (χ0) is 18.6. The van der Waals surface area contributed by atoms with E-state index < -0.39 is 0 Å². The molecule has 3 nitrogen and oxygen atoms in total. The first-order valence-corrected chi connectivity index (χ1v) is 9.63. The Morgan fingerprint density at radius 2 is 1.63 bits per heavy atom. The smallest absolute Gasteiger partial charge is 0.137 e. The molecule has 4 aromatic rings. The third-order valence-electron chi connectivity index (χ3n) is 4.78. The number of nitrogens with one attached hydrogen (secondary N) is 1. The van der Waals surface area contributed by atoms with E-state index in [9.17, 15) is 0 Å². The van der Waals surface area contributed by atoms with Crippen molar-refractivity contribution in [1.29, 1.82) is 0 Å². The first-order valence-electron chi connectivity index (χ1n) is 9.25. The van der Waals surface area contributed by atoms with Gasteiger partial charge in [-0.2, -0.15) is 0 Å². The van der Waals surface area contributed by atoms with Gasteiger partial charge in [0.2, 0.25) is 0 Å². The van der Waals surface area contributed by atoms with Gasteiger partial charge in [-0.25, -0.2) is 4.98 Å². The number of fused-ring (bicyclic) bond motifs is 1. The van der Waals surface area contributed by atoms with Gasteiger partial charge in [0.05, 0.1) is 16.4 Å². The van der Waals surface area contributed by atoms with Gasteiger partial charge in [0.1, 0.15) is 5.65 Å². The number of rotatable bonds is 6. The highest BCUT2D eigenvalue weighted by atomic mass is 35.5. The lowest BCUT2D eigenvalue weighted by molar-refractivity contribution is 0.669. The zero-order valence-electron chi connectivity index (χ0n) is 15.3. The van der Waals surface area contributed by atoms with Gasteiger partial charge >= 0.3 is 0 Å². The summed E-state index contributed by atoms with van der Waals surface area (Å²) in [5.41, 5.74) is 6.98. The summed E-state index contributed by atoms with van der Waals surface area (Å²) in [5, 5.41) is 4.27. The molecule has 0 unspecified atom stereocenters. The van der Waals surface area contributed by atoms with Crippen LogP contribution in [0.15, 0.2) is 72.9 Å². The van der Waals surface area contributed by atoms with Crippen molar-refractivity contribution in [2.24, 2.45) is 0 Å². The fourth-order valence-corrected chi connectivity index (χ4v) is 3.52. The summed E-state index contributed by atoms with van der Waals surface area (Å²) in [4.78, 5) is 4.71. The maximum absolute atomic E-state index is 6.17. The quantitative estimate of drug-likeness (QED) is 0.481. The van der Waals surface area contributed by atoms with Crippen LogP contribution in [0.25, 0.3) is 16.8 Å². The number of benzene rings is 2. The first kappa shape index (κ1) is 17.8. The topological polar surface area (TPSA) is 29.3 Å². The van der Waals surface area contributed by atoms with Gasteiger partial charge in [0.15, 0.2) is 0 Å². The van der Waals surface area contributed by atoms with Gasteiger partial charge in [-0.3, -0.25) is 0 Å². The summed E-state index contributed by atoms with van der Waals surface area (Å²) in [6.45, 7) is 3.70. The molecule has 0 amide bonds. The lowest BCUT2D eigenvalue weighted by atomic mass is 10.0. The molecule has 27 heavy (non-hydrogen) atoms. The van der Waals surface area contributed by atoms with Crippen molar-refractivity contribution < 1.29 is 0 Å². The molecule has 0 atom stereocenters. The fraction of sp³-hybridized carbons (Fsp3) is 0.174. The van der Waals surface area contributed by atoms with Crippen molar-refractivity contribution in [2.45, 2.75) is 26.4 Å². The largest absolute Gasteiger partial charge is 0.307 e. The van der Waals surface area contributed by atoms with Gasteiger partial charge in [-0.1, -0.05) is 73.1 Å². The monoisotopic (exact) mass is 375 g/mol. The molecular formula is C23H22ClN3. The molecule has 4 rings (SSSR count). The number of nitrogens with zero attached hydrogens (tertiary/aromatic N) is 2. The predicted molar refractivity (Wildman–Crippen MR) is 112 cm³/mol. The molecule has 0 spiro atoms. The van der Waals surface area contributed by atoms with E-state index in [1.807, 2.05) is 24.4 Å². The molecule has 0 aliphatic carbocycles. The number of hydrogen-bond donors (Lipinski definition) is 1. The maximum Gasteiger partial charge on any atom is 0.137 e. The number of pyridine rings is 1. The highest BCUT2D eigenvalue weighted by Crippen LogP contribution is 2.20. The van der Waals surface area contributed by atoms with E-state index in [1.165, 1.54) is 22.4 Å². The van der Waals surface area contributed by atoms with Crippen LogP contribution >= 0.6 is 11.6 Å². The highest BCUT2D eigenvalue weighted by molar-refractivity contribution is 6.30. The third-order valence-corrected chi connectivity index (χ3v) is 5.01. The van der Waals surface area contributed by atoms with Crippen LogP contribution < -0.4 is 5.32 Å². The van der Waals surface area contributed by atoms with E-state index in [-0.39, 0.29) is 0 Å². The molecule has 0 saturated heterocycles. The van der Waals surface area contributed by atoms with Crippen molar-refractivity contribution in [3.8, 4) is 11.1 Å². The van der Waals surface area contributed by atoms with Gasteiger partial charge < -0.3 is 9.72 Å². The number of aromatic nitrogens is 2. The van der Waals surface area contributed by atoms with Crippen molar-refractivity contribution in [3.63, 3.8) is 0 Å². The summed E-state index contributed by atoms with van der Waals surface area (Å²) in [6, 6.07) is 23.0. The van der Waals surface area contributed by atoms with E-state index in [0.717, 1.165) is 35.9 Å². The molecule has 2 aromatic heterocycles. The van der Waals surface area contributed by atoms with E-state index in [1.54, 1.807) is 0 Å². The van der Waals surface area contributed by atoms with Gasteiger partial charge in [-0.05, 0) is 35.2 Å². The van der Waals surface area contributed by atoms with Crippen LogP contribution in [0.1, 0.15) is 23.9 Å².